The number of carboxylic acid groups (broad SMARTS) is 1. The van der Waals surface area contributed by atoms with Crippen LogP contribution in [-0.4, -0.2) is 59.5 Å². The molecule has 1 aliphatic heterocycles. The van der Waals surface area contributed by atoms with Crippen molar-refractivity contribution in [2.45, 2.75) is 33.1 Å². The monoisotopic (exact) mass is 256 g/mol. The normalized spacial score (nSPS) is 20.0. The maximum Gasteiger partial charge on any atom is 0.303 e. The molecule has 0 radical (unpaired) electrons. The van der Waals surface area contributed by atoms with Crippen LogP contribution in [0.5, 0.6) is 0 Å². The van der Waals surface area contributed by atoms with Crippen LogP contribution in [0.25, 0.3) is 0 Å². The van der Waals surface area contributed by atoms with Gasteiger partial charge in [-0.15, -0.1) is 0 Å². The minimum absolute atomic E-state index is 0.180. The van der Waals surface area contributed by atoms with E-state index in [0.29, 0.717) is 12.5 Å². The Balaban J connectivity index is 2.29. The summed E-state index contributed by atoms with van der Waals surface area (Å²) >= 11 is 0. The van der Waals surface area contributed by atoms with Crippen LogP contribution in [0.15, 0.2) is 0 Å². The molecular weight excluding hydrogens is 232 g/mol. The SMILES string of the molecule is CCN(CC)C(=O)CN1CCC(CCC(=O)O)C1. The lowest BCUT2D eigenvalue weighted by Crippen LogP contribution is -2.39. The average Bonchev–Trinajstić information content (AvgIpc) is 2.75. The molecule has 1 saturated heterocycles. The zero-order chi connectivity index (χ0) is 13.5. The van der Waals surface area contributed by atoms with E-state index in [1.54, 1.807) is 0 Å². The van der Waals surface area contributed by atoms with Crippen molar-refractivity contribution >= 4 is 11.9 Å². The predicted molar refractivity (Wildman–Crippen MR) is 69.3 cm³/mol. The second-order valence-electron chi connectivity index (χ2n) is 4.89. The van der Waals surface area contributed by atoms with Gasteiger partial charge >= 0.3 is 5.97 Å². The molecular formula is C13H24N2O3. The lowest BCUT2D eigenvalue weighted by atomic mass is 10.0. The van der Waals surface area contributed by atoms with Crippen molar-refractivity contribution in [3.8, 4) is 0 Å². The van der Waals surface area contributed by atoms with E-state index in [1.807, 2.05) is 18.7 Å². The van der Waals surface area contributed by atoms with Gasteiger partial charge in [0.25, 0.3) is 0 Å². The van der Waals surface area contributed by atoms with Crippen LogP contribution < -0.4 is 0 Å². The molecule has 1 amide bonds. The smallest absolute Gasteiger partial charge is 0.303 e. The fourth-order valence-corrected chi connectivity index (χ4v) is 2.49. The summed E-state index contributed by atoms with van der Waals surface area (Å²) < 4.78 is 0. The zero-order valence-corrected chi connectivity index (χ0v) is 11.4. The Morgan fingerprint density at radius 3 is 2.56 bits per heavy atom. The molecule has 0 aromatic carbocycles. The van der Waals surface area contributed by atoms with Gasteiger partial charge in [0, 0.05) is 26.1 Å². The van der Waals surface area contributed by atoms with E-state index in [2.05, 4.69) is 4.90 Å². The van der Waals surface area contributed by atoms with Gasteiger partial charge in [0.05, 0.1) is 6.54 Å². The Kier molecular flexibility index (Phi) is 6.12. The highest BCUT2D eigenvalue weighted by Gasteiger charge is 2.25. The number of amides is 1. The molecule has 0 bridgehead atoms. The Morgan fingerprint density at radius 1 is 1.33 bits per heavy atom. The highest BCUT2D eigenvalue weighted by atomic mass is 16.4. The van der Waals surface area contributed by atoms with Crippen molar-refractivity contribution in [3.05, 3.63) is 0 Å². The maximum atomic E-state index is 11.9. The van der Waals surface area contributed by atoms with E-state index in [4.69, 9.17) is 5.11 Å². The Bertz CT molecular complexity index is 290. The third-order valence-corrected chi connectivity index (χ3v) is 3.61. The lowest BCUT2D eigenvalue weighted by molar-refractivity contribution is -0.137. The molecule has 0 saturated carbocycles. The topological polar surface area (TPSA) is 60.9 Å². The molecule has 5 nitrogen and oxygen atoms in total. The van der Waals surface area contributed by atoms with Crippen molar-refractivity contribution in [2.24, 2.45) is 5.92 Å². The Morgan fingerprint density at radius 2 is 2.00 bits per heavy atom. The fraction of sp³-hybridized carbons (Fsp3) is 0.846. The Labute approximate surface area is 109 Å². The molecule has 0 spiro atoms. The second-order valence-corrected chi connectivity index (χ2v) is 4.89. The highest BCUT2D eigenvalue weighted by molar-refractivity contribution is 5.78. The van der Waals surface area contributed by atoms with Crippen LogP contribution in [0, 0.1) is 5.92 Å². The minimum atomic E-state index is -0.729. The van der Waals surface area contributed by atoms with Crippen molar-refractivity contribution < 1.29 is 14.7 Å². The number of hydrogen-bond acceptors (Lipinski definition) is 3. The summed E-state index contributed by atoms with van der Waals surface area (Å²) in [5.74, 6) is -0.114. The summed E-state index contributed by atoms with van der Waals surface area (Å²) in [6.45, 7) is 7.74. The third kappa shape index (κ3) is 4.64. The average molecular weight is 256 g/mol. The minimum Gasteiger partial charge on any atom is -0.481 e. The van der Waals surface area contributed by atoms with E-state index in [9.17, 15) is 9.59 Å². The van der Waals surface area contributed by atoms with Crippen LogP contribution in [0.2, 0.25) is 0 Å². The van der Waals surface area contributed by atoms with Gasteiger partial charge in [-0.05, 0) is 39.2 Å². The van der Waals surface area contributed by atoms with Gasteiger partial charge in [-0.2, -0.15) is 0 Å². The molecule has 1 fully saturated rings. The highest BCUT2D eigenvalue weighted by Crippen LogP contribution is 2.20. The summed E-state index contributed by atoms with van der Waals surface area (Å²) in [5.41, 5.74) is 0. The molecule has 1 aliphatic rings. The number of aliphatic carboxylic acids is 1. The van der Waals surface area contributed by atoms with Crippen molar-refractivity contribution in [2.75, 3.05) is 32.7 Å². The Hall–Kier alpha value is -1.10. The molecule has 5 heteroatoms. The largest absolute Gasteiger partial charge is 0.481 e. The van der Waals surface area contributed by atoms with Crippen molar-refractivity contribution in [1.29, 1.82) is 0 Å². The van der Waals surface area contributed by atoms with Gasteiger partial charge in [-0.1, -0.05) is 0 Å². The zero-order valence-electron chi connectivity index (χ0n) is 11.4. The van der Waals surface area contributed by atoms with E-state index in [-0.39, 0.29) is 12.3 Å². The third-order valence-electron chi connectivity index (χ3n) is 3.61. The molecule has 1 heterocycles. The van der Waals surface area contributed by atoms with E-state index in [1.165, 1.54) is 0 Å². The van der Waals surface area contributed by atoms with Crippen LogP contribution >= 0.6 is 0 Å². The number of hydrogen-bond donors (Lipinski definition) is 1. The second kappa shape index (κ2) is 7.36. The number of carboxylic acids is 1. The van der Waals surface area contributed by atoms with E-state index >= 15 is 0 Å². The van der Waals surface area contributed by atoms with Gasteiger partial charge in [0.2, 0.25) is 5.91 Å². The summed E-state index contributed by atoms with van der Waals surface area (Å²) in [4.78, 5) is 26.4. The summed E-state index contributed by atoms with van der Waals surface area (Å²) in [7, 11) is 0. The maximum absolute atomic E-state index is 11.9. The number of likely N-dealkylation sites (N-methyl/N-ethyl adjacent to an activating group) is 1. The standard InChI is InChI=1S/C13H24N2O3/c1-3-15(4-2)12(16)10-14-8-7-11(9-14)5-6-13(17)18/h11H,3-10H2,1-2H3,(H,17,18). The first kappa shape index (κ1) is 15.0. The van der Waals surface area contributed by atoms with E-state index in [0.717, 1.165) is 39.0 Å². The predicted octanol–water partition coefficient (Wildman–Crippen LogP) is 1.04. The van der Waals surface area contributed by atoms with Crippen molar-refractivity contribution in [1.82, 2.24) is 9.80 Å². The fourth-order valence-electron chi connectivity index (χ4n) is 2.49. The van der Waals surface area contributed by atoms with Gasteiger partial charge in [0.1, 0.15) is 0 Å². The first-order valence-corrected chi connectivity index (χ1v) is 6.78. The van der Waals surface area contributed by atoms with Gasteiger partial charge in [-0.3, -0.25) is 14.5 Å². The van der Waals surface area contributed by atoms with Gasteiger partial charge < -0.3 is 10.0 Å². The molecule has 1 rings (SSSR count). The number of rotatable bonds is 7. The molecule has 1 atom stereocenters. The van der Waals surface area contributed by atoms with Crippen LogP contribution in [0.1, 0.15) is 33.1 Å². The van der Waals surface area contributed by atoms with Crippen molar-refractivity contribution in [3.63, 3.8) is 0 Å². The molecule has 0 aliphatic carbocycles. The first-order chi connectivity index (χ1) is 8.56. The number of carbonyl (C=O) groups is 2. The van der Waals surface area contributed by atoms with E-state index < -0.39 is 5.97 Å². The van der Waals surface area contributed by atoms with Crippen LogP contribution in [0.3, 0.4) is 0 Å². The summed E-state index contributed by atoms with van der Waals surface area (Å²) in [6.07, 6.45) is 1.98. The van der Waals surface area contributed by atoms with Crippen LogP contribution in [0.4, 0.5) is 0 Å². The summed E-state index contributed by atoms with van der Waals surface area (Å²) in [6, 6.07) is 0. The van der Waals surface area contributed by atoms with Gasteiger partial charge in [0.15, 0.2) is 0 Å². The molecule has 0 aromatic rings. The molecule has 18 heavy (non-hydrogen) atoms. The number of nitrogens with zero attached hydrogens (tertiary/aromatic N) is 2. The molecule has 1 N–H and O–H groups in total. The lowest BCUT2D eigenvalue weighted by Gasteiger charge is -2.22. The summed E-state index contributed by atoms with van der Waals surface area (Å²) in [5, 5.41) is 8.65. The number of likely N-dealkylation sites (tertiary alicyclic amines) is 1. The first-order valence-electron chi connectivity index (χ1n) is 6.78. The van der Waals surface area contributed by atoms with Gasteiger partial charge in [-0.25, -0.2) is 0 Å². The van der Waals surface area contributed by atoms with Crippen LogP contribution in [-0.2, 0) is 9.59 Å². The molecule has 104 valence electrons. The molecule has 0 aromatic heterocycles. The quantitative estimate of drug-likeness (QED) is 0.739. The number of carbonyl (C=O) groups excluding carboxylic acids is 1. The molecule has 1 unspecified atom stereocenters.